The molecule has 4 rings (SSSR count). The summed E-state index contributed by atoms with van der Waals surface area (Å²) in [6.07, 6.45) is 3.07. The van der Waals surface area contributed by atoms with E-state index in [1.165, 1.54) is 5.56 Å². The van der Waals surface area contributed by atoms with E-state index in [1.807, 2.05) is 25.1 Å². The summed E-state index contributed by atoms with van der Waals surface area (Å²) >= 11 is 0. The highest BCUT2D eigenvalue weighted by atomic mass is 16.4. The second kappa shape index (κ2) is 5.71. The van der Waals surface area contributed by atoms with Crippen molar-refractivity contribution >= 4 is 5.71 Å². The molecule has 1 aromatic carbocycles. The van der Waals surface area contributed by atoms with Crippen molar-refractivity contribution in [2.24, 2.45) is 17.0 Å². The minimum absolute atomic E-state index is 0.0381. The Morgan fingerprint density at radius 2 is 2.19 bits per heavy atom. The van der Waals surface area contributed by atoms with Crippen LogP contribution in [-0.2, 0) is 6.54 Å². The van der Waals surface area contributed by atoms with Crippen LogP contribution in [0.5, 0.6) is 0 Å². The number of nitriles is 1. The number of piperidine rings is 1. The van der Waals surface area contributed by atoms with Crippen LogP contribution in [0.1, 0.15) is 18.9 Å². The van der Waals surface area contributed by atoms with Crippen molar-refractivity contribution in [2.45, 2.75) is 25.9 Å². The molecule has 1 aromatic rings. The Hall–Kier alpha value is -2.12. The summed E-state index contributed by atoms with van der Waals surface area (Å²) in [5.74, 6) is 0.507. The highest BCUT2D eigenvalue weighted by molar-refractivity contribution is 5.85. The molecule has 1 aliphatic carbocycles. The van der Waals surface area contributed by atoms with Crippen molar-refractivity contribution in [3.05, 3.63) is 47.5 Å². The molecule has 1 N–H and O–H groups in total. The quantitative estimate of drug-likeness (QED) is 0.526. The molecule has 108 valence electrons. The first-order valence-corrected chi connectivity index (χ1v) is 7.31. The van der Waals surface area contributed by atoms with E-state index in [4.69, 9.17) is 5.21 Å². The zero-order valence-corrected chi connectivity index (χ0v) is 12.1. The molecule has 4 heteroatoms. The second-order valence-electron chi connectivity index (χ2n) is 5.94. The number of hydrogen-bond donors (Lipinski definition) is 1. The predicted molar refractivity (Wildman–Crippen MR) is 80.8 cm³/mol. The molecule has 1 fully saturated rings. The summed E-state index contributed by atoms with van der Waals surface area (Å²) in [4.78, 5) is 2.35. The molecule has 0 amide bonds. The Morgan fingerprint density at radius 1 is 1.43 bits per heavy atom. The first-order valence-electron chi connectivity index (χ1n) is 7.31. The van der Waals surface area contributed by atoms with Crippen LogP contribution < -0.4 is 0 Å². The Bertz CT molecular complexity index is 615. The Labute approximate surface area is 125 Å². The first kappa shape index (κ1) is 13.8. The van der Waals surface area contributed by atoms with Crippen LogP contribution in [0.4, 0.5) is 0 Å². The summed E-state index contributed by atoms with van der Waals surface area (Å²) in [6, 6.07) is 12.7. The van der Waals surface area contributed by atoms with Gasteiger partial charge >= 0.3 is 0 Å². The van der Waals surface area contributed by atoms with Gasteiger partial charge in [-0.05, 0) is 24.8 Å². The fourth-order valence-corrected chi connectivity index (χ4v) is 3.64. The first-order chi connectivity index (χ1) is 10.2. The van der Waals surface area contributed by atoms with E-state index in [0.29, 0.717) is 5.92 Å². The van der Waals surface area contributed by atoms with E-state index in [0.717, 1.165) is 30.8 Å². The third-order valence-electron chi connectivity index (χ3n) is 4.59. The van der Waals surface area contributed by atoms with Crippen LogP contribution in [0.15, 0.2) is 47.1 Å². The van der Waals surface area contributed by atoms with E-state index in [1.54, 1.807) is 0 Å². The van der Waals surface area contributed by atoms with Gasteiger partial charge in [-0.15, -0.1) is 0 Å². The molecular weight excluding hydrogens is 262 g/mol. The van der Waals surface area contributed by atoms with Crippen LogP contribution in [0.25, 0.3) is 0 Å². The van der Waals surface area contributed by atoms with Gasteiger partial charge < -0.3 is 5.21 Å². The number of fused-ring (bicyclic) bond motifs is 2. The van der Waals surface area contributed by atoms with Gasteiger partial charge in [0, 0.05) is 24.6 Å². The van der Waals surface area contributed by atoms with E-state index in [-0.39, 0.29) is 12.0 Å². The lowest BCUT2D eigenvalue weighted by Crippen LogP contribution is -2.54. The molecule has 3 aliphatic rings. The Balaban J connectivity index is 1.89. The van der Waals surface area contributed by atoms with Crippen molar-refractivity contribution in [2.75, 3.05) is 6.54 Å². The standard InChI is InChI=1S/C17H19N3O/c1-12(19-21)16-8-14-7-15(9-18)17(16)20(11-14)10-13-5-3-2-4-6-13/h2-7,14,16-17,21H,8,10-11H2,1H3/b19-12-/t14-,16+,17-/m1/s1. The van der Waals surface area contributed by atoms with Crippen molar-refractivity contribution < 1.29 is 5.21 Å². The average molecular weight is 281 g/mol. The SMILES string of the molecule is C/C(=N/O)[C@@H]1C[C@H]2C=C(C#N)[C@H]1N(Cc1ccccc1)C2. The van der Waals surface area contributed by atoms with Crippen LogP contribution in [0.2, 0.25) is 0 Å². The highest BCUT2D eigenvalue weighted by Crippen LogP contribution is 2.39. The molecule has 0 saturated carbocycles. The minimum Gasteiger partial charge on any atom is -0.411 e. The topological polar surface area (TPSA) is 59.6 Å². The van der Waals surface area contributed by atoms with Gasteiger partial charge in [-0.1, -0.05) is 41.6 Å². The normalized spacial score (nSPS) is 29.0. The summed E-state index contributed by atoms with van der Waals surface area (Å²) in [7, 11) is 0. The lowest BCUT2D eigenvalue weighted by atomic mass is 9.72. The molecule has 0 radical (unpaired) electrons. The minimum atomic E-state index is 0.0381. The van der Waals surface area contributed by atoms with Crippen LogP contribution in [-0.4, -0.2) is 28.4 Å². The number of rotatable bonds is 3. The zero-order valence-electron chi connectivity index (χ0n) is 12.1. The fourth-order valence-electron chi connectivity index (χ4n) is 3.64. The van der Waals surface area contributed by atoms with Crippen molar-refractivity contribution in [3.8, 4) is 6.07 Å². The molecule has 2 aliphatic heterocycles. The molecule has 0 aromatic heterocycles. The number of benzene rings is 1. The van der Waals surface area contributed by atoms with Gasteiger partial charge in [-0.25, -0.2) is 0 Å². The monoisotopic (exact) mass is 281 g/mol. The van der Waals surface area contributed by atoms with E-state index in [2.05, 4.69) is 34.3 Å². The van der Waals surface area contributed by atoms with Crippen molar-refractivity contribution in [1.82, 2.24) is 4.90 Å². The van der Waals surface area contributed by atoms with Gasteiger partial charge in [0.25, 0.3) is 0 Å². The average Bonchev–Trinajstić information content (AvgIpc) is 2.54. The van der Waals surface area contributed by atoms with Gasteiger partial charge in [0.2, 0.25) is 0 Å². The lowest BCUT2D eigenvalue weighted by Gasteiger charge is -2.47. The molecule has 2 heterocycles. The predicted octanol–water partition coefficient (Wildman–Crippen LogP) is 2.81. The molecule has 21 heavy (non-hydrogen) atoms. The zero-order chi connectivity index (χ0) is 14.8. The van der Waals surface area contributed by atoms with E-state index >= 15 is 0 Å². The Kier molecular flexibility index (Phi) is 3.76. The van der Waals surface area contributed by atoms with Crippen LogP contribution in [0, 0.1) is 23.2 Å². The van der Waals surface area contributed by atoms with Gasteiger partial charge in [0.1, 0.15) is 0 Å². The van der Waals surface area contributed by atoms with E-state index in [9.17, 15) is 5.26 Å². The molecule has 0 spiro atoms. The molecule has 0 unspecified atom stereocenters. The van der Waals surface area contributed by atoms with E-state index < -0.39 is 0 Å². The lowest BCUT2D eigenvalue weighted by molar-refractivity contribution is 0.0965. The van der Waals surface area contributed by atoms with Crippen molar-refractivity contribution in [1.29, 1.82) is 5.26 Å². The maximum Gasteiger partial charge on any atom is 0.0960 e. The summed E-state index contributed by atoms with van der Waals surface area (Å²) < 4.78 is 0. The summed E-state index contributed by atoms with van der Waals surface area (Å²) in [5.41, 5.74) is 2.80. The van der Waals surface area contributed by atoms with Gasteiger partial charge in [-0.2, -0.15) is 5.26 Å². The van der Waals surface area contributed by atoms with Crippen LogP contribution in [0.3, 0.4) is 0 Å². The maximum absolute atomic E-state index is 9.42. The number of nitrogens with zero attached hydrogens (tertiary/aromatic N) is 3. The van der Waals surface area contributed by atoms with Gasteiger partial charge in [0.05, 0.1) is 17.8 Å². The molecule has 2 bridgehead atoms. The maximum atomic E-state index is 9.42. The largest absolute Gasteiger partial charge is 0.411 e. The molecule has 1 saturated heterocycles. The third-order valence-corrected chi connectivity index (χ3v) is 4.59. The molecule has 4 nitrogen and oxygen atoms in total. The van der Waals surface area contributed by atoms with Crippen molar-refractivity contribution in [3.63, 3.8) is 0 Å². The fraction of sp³-hybridized carbons (Fsp3) is 0.412. The van der Waals surface area contributed by atoms with Gasteiger partial charge in [-0.3, -0.25) is 4.90 Å². The highest BCUT2D eigenvalue weighted by Gasteiger charge is 2.43. The Morgan fingerprint density at radius 3 is 2.86 bits per heavy atom. The number of oxime groups is 1. The number of hydrogen-bond acceptors (Lipinski definition) is 4. The third kappa shape index (κ3) is 2.57. The molecule has 3 atom stereocenters. The second-order valence-corrected chi connectivity index (χ2v) is 5.94. The van der Waals surface area contributed by atoms with Crippen LogP contribution >= 0.6 is 0 Å². The molecular formula is C17H19N3O. The van der Waals surface area contributed by atoms with Gasteiger partial charge in [0.15, 0.2) is 0 Å². The summed E-state index contributed by atoms with van der Waals surface area (Å²) in [5, 5.41) is 21.9. The summed E-state index contributed by atoms with van der Waals surface area (Å²) in [6.45, 7) is 3.65. The smallest absolute Gasteiger partial charge is 0.0960 e.